The summed E-state index contributed by atoms with van der Waals surface area (Å²) in [4.78, 5) is 23.9. The molecule has 2 rings (SSSR count). The van der Waals surface area contributed by atoms with Crippen LogP contribution in [0.2, 0.25) is 0 Å². The van der Waals surface area contributed by atoms with Crippen molar-refractivity contribution in [2.24, 2.45) is 0 Å². The molecule has 114 valence electrons. The average molecular weight is 295 g/mol. The van der Waals surface area contributed by atoms with Gasteiger partial charge < -0.3 is 5.32 Å². The van der Waals surface area contributed by atoms with Gasteiger partial charge in [0.2, 0.25) is 0 Å². The molecule has 0 bridgehead atoms. The van der Waals surface area contributed by atoms with E-state index in [1.54, 1.807) is 19.1 Å². The molecule has 1 N–H and O–H groups in total. The van der Waals surface area contributed by atoms with E-state index in [4.69, 9.17) is 0 Å². The Kier molecular flexibility index (Phi) is 5.10. The second kappa shape index (κ2) is 7.03. The Morgan fingerprint density at radius 1 is 1.00 bits per heavy atom. The molecular formula is C19H21NO2. The van der Waals surface area contributed by atoms with Crippen molar-refractivity contribution < 1.29 is 9.59 Å². The first-order valence-corrected chi connectivity index (χ1v) is 7.40. The molecular weight excluding hydrogens is 274 g/mol. The number of benzene rings is 2. The zero-order valence-corrected chi connectivity index (χ0v) is 13.2. The standard InChI is InChI=1S/C19H21NO2/c1-13-9-10-17(11-14(13)2)18(12-15(3)21)20-19(22)16-7-5-4-6-8-16/h4-11,18H,12H2,1-3H3,(H,20,22). The van der Waals surface area contributed by atoms with E-state index in [9.17, 15) is 9.59 Å². The van der Waals surface area contributed by atoms with Crippen LogP contribution in [-0.2, 0) is 4.79 Å². The van der Waals surface area contributed by atoms with Crippen molar-refractivity contribution in [2.45, 2.75) is 33.2 Å². The summed E-state index contributed by atoms with van der Waals surface area (Å²) >= 11 is 0. The fourth-order valence-electron chi connectivity index (χ4n) is 2.35. The fraction of sp³-hybridized carbons (Fsp3) is 0.263. The predicted molar refractivity (Wildman–Crippen MR) is 87.9 cm³/mol. The molecule has 0 heterocycles. The minimum atomic E-state index is -0.301. The third kappa shape index (κ3) is 4.04. The monoisotopic (exact) mass is 295 g/mol. The van der Waals surface area contributed by atoms with E-state index in [1.807, 2.05) is 50.2 Å². The lowest BCUT2D eigenvalue weighted by Gasteiger charge is -2.19. The maximum Gasteiger partial charge on any atom is 0.251 e. The quantitative estimate of drug-likeness (QED) is 0.913. The molecule has 2 aromatic carbocycles. The van der Waals surface area contributed by atoms with Gasteiger partial charge in [0, 0.05) is 12.0 Å². The fourth-order valence-corrected chi connectivity index (χ4v) is 2.35. The molecule has 0 aliphatic rings. The Hall–Kier alpha value is -2.42. The van der Waals surface area contributed by atoms with Crippen molar-refractivity contribution in [1.29, 1.82) is 0 Å². The number of ketones is 1. The van der Waals surface area contributed by atoms with Crippen LogP contribution in [-0.4, -0.2) is 11.7 Å². The molecule has 0 aromatic heterocycles. The van der Waals surface area contributed by atoms with Gasteiger partial charge in [0.25, 0.3) is 5.91 Å². The second-order valence-corrected chi connectivity index (χ2v) is 5.64. The van der Waals surface area contributed by atoms with Gasteiger partial charge in [-0.25, -0.2) is 0 Å². The lowest BCUT2D eigenvalue weighted by Crippen LogP contribution is -2.29. The molecule has 22 heavy (non-hydrogen) atoms. The predicted octanol–water partition coefficient (Wildman–Crippen LogP) is 3.75. The molecule has 3 heteroatoms. The highest BCUT2D eigenvalue weighted by Crippen LogP contribution is 2.21. The number of nitrogens with one attached hydrogen (secondary N) is 1. The number of Topliss-reactive ketones (excluding diaryl/α,β-unsaturated/α-hetero) is 1. The molecule has 0 saturated heterocycles. The number of amides is 1. The summed E-state index contributed by atoms with van der Waals surface area (Å²) in [5.41, 5.74) is 3.90. The third-order valence-electron chi connectivity index (χ3n) is 3.77. The van der Waals surface area contributed by atoms with E-state index in [0.29, 0.717) is 12.0 Å². The van der Waals surface area contributed by atoms with Gasteiger partial charge in [0.15, 0.2) is 0 Å². The Bertz CT molecular complexity index is 677. The number of hydrogen-bond donors (Lipinski definition) is 1. The highest BCUT2D eigenvalue weighted by atomic mass is 16.2. The topological polar surface area (TPSA) is 46.2 Å². The molecule has 3 nitrogen and oxygen atoms in total. The van der Waals surface area contributed by atoms with Crippen LogP contribution in [0, 0.1) is 13.8 Å². The lowest BCUT2D eigenvalue weighted by atomic mass is 9.97. The molecule has 0 aliphatic heterocycles. The van der Waals surface area contributed by atoms with Gasteiger partial charge in [0.05, 0.1) is 6.04 Å². The van der Waals surface area contributed by atoms with Crippen molar-refractivity contribution in [3.05, 3.63) is 70.8 Å². The van der Waals surface area contributed by atoms with Crippen molar-refractivity contribution in [2.75, 3.05) is 0 Å². The molecule has 0 spiro atoms. The van der Waals surface area contributed by atoms with E-state index in [-0.39, 0.29) is 17.7 Å². The van der Waals surface area contributed by atoms with E-state index in [1.165, 1.54) is 5.56 Å². The smallest absolute Gasteiger partial charge is 0.251 e. The Labute approximate surface area is 131 Å². The maximum atomic E-state index is 12.3. The molecule has 0 fully saturated rings. The third-order valence-corrected chi connectivity index (χ3v) is 3.77. The highest BCUT2D eigenvalue weighted by molar-refractivity contribution is 5.94. The summed E-state index contributed by atoms with van der Waals surface area (Å²) in [7, 11) is 0. The van der Waals surface area contributed by atoms with Crippen LogP contribution in [0.3, 0.4) is 0 Å². The van der Waals surface area contributed by atoms with Gasteiger partial charge in [-0.05, 0) is 49.6 Å². The zero-order valence-electron chi connectivity index (χ0n) is 13.2. The summed E-state index contributed by atoms with van der Waals surface area (Å²) < 4.78 is 0. The van der Waals surface area contributed by atoms with Gasteiger partial charge in [-0.3, -0.25) is 9.59 Å². The van der Waals surface area contributed by atoms with Crippen LogP contribution in [0.4, 0.5) is 0 Å². The molecule has 1 unspecified atom stereocenters. The Morgan fingerprint density at radius 2 is 1.68 bits per heavy atom. The molecule has 0 saturated carbocycles. The number of hydrogen-bond acceptors (Lipinski definition) is 2. The van der Waals surface area contributed by atoms with E-state index < -0.39 is 0 Å². The van der Waals surface area contributed by atoms with E-state index in [0.717, 1.165) is 11.1 Å². The molecule has 0 radical (unpaired) electrons. The van der Waals surface area contributed by atoms with E-state index >= 15 is 0 Å². The number of aryl methyl sites for hydroxylation is 2. The molecule has 2 aromatic rings. The normalized spacial score (nSPS) is 11.8. The summed E-state index contributed by atoms with van der Waals surface area (Å²) in [6, 6.07) is 14.8. The number of rotatable bonds is 5. The Morgan fingerprint density at radius 3 is 2.27 bits per heavy atom. The summed E-state index contributed by atoms with van der Waals surface area (Å²) in [6.45, 7) is 5.62. The largest absolute Gasteiger partial charge is 0.345 e. The minimum Gasteiger partial charge on any atom is -0.345 e. The van der Waals surface area contributed by atoms with E-state index in [2.05, 4.69) is 5.32 Å². The summed E-state index contributed by atoms with van der Waals surface area (Å²) in [6.07, 6.45) is 0.293. The first kappa shape index (κ1) is 16.0. The lowest BCUT2D eigenvalue weighted by molar-refractivity contribution is -0.117. The minimum absolute atomic E-state index is 0.0524. The SMILES string of the molecule is CC(=O)CC(NC(=O)c1ccccc1)c1ccc(C)c(C)c1. The Balaban J connectivity index is 2.24. The molecule has 1 atom stereocenters. The van der Waals surface area contributed by atoms with Gasteiger partial charge in [0.1, 0.15) is 5.78 Å². The van der Waals surface area contributed by atoms with Crippen LogP contribution in [0.25, 0.3) is 0 Å². The highest BCUT2D eigenvalue weighted by Gasteiger charge is 2.18. The van der Waals surface area contributed by atoms with Crippen LogP contribution in [0.1, 0.15) is 46.4 Å². The van der Waals surface area contributed by atoms with Crippen molar-refractivity contribution in [1.82, 2.24) is 5.32 Å². The molecule has 1 amide bonds. The zero-order chi connectivity index (χ0) is 16.1. The van der Waals surface area contributed by atoms with Gasteiger partial charge in [-0.15, -0.1) is 0 Å². The first-order valence-electron chi connectivity index (χ1n) is 7.40. The van der Waals surface area contributed by atoms with Crippen LogP contribution in [0.15, 0.2) is 48.5 Å². The van der Waals surface area contributed by atoms with Crippen molar-refractivity contribution in [3.63, 3.8) is 0 Å². The maximum absolute atomic E-state index is 12.3. The molecule has 0 aliphatic carbocycles. The van der Waals surface area contributed by atoms with Gasteiger partial charge in [-0.1, -0.05) is 36.4 Å². The van der Waals surface area contributed by atoms with Gasteiger partial charge in [-0.2, -0.15) is 0 Å². The second-order valence-electron chi connectivity index (χ2n) is 5.64. The van der Waals surface area contributed by atoms with Crippen LogP contribution in [0.5, 0.6) is 0 Å². The van der Waals surface area contributed by atoms with Crippen molar-refractivity contribution >= 4 is 11.7 Å². The summed E-state index contributed by atoms with van der Waals surface area (Å²) in [5, 5.41) is 2.97. The number of carbonyl (C=O) groups is 2. The average Bonchev–Trinajstić information content (AvgIpc) is 2.49. The first-order chi connectivity index (χ1) is 10.5. The van der Waals surface area contributed by atoms with Crippen molar-refractivity contribution in [3.8, 4) is 0 Å². The summed E-state index contributed by atoms with van der Waals surface area (Å²) in [5.74, 6) is -0.110. The number of carbonyl (C=O) groups excluding carboxylic acids is 2. The van der Waals surface area contributed by atoms with Gasteiger partial charge >= 0.3 is 0 Å². The van der Waals surface area contributed by atoms with Crippen LogP contribution >= 0.6 is 0 Å². The van der Waals surface area contributed by atoms with Crippen LogP contribution < -0.4 is 5.32 Å².